The number of aromatic carboxylic acids is 1. The molecule has 2 rings (SSSR count). The van der Waals surface area contributed by atoms with Crippen LogP contribution in [0.1, 0.15) is 49.0 Å². The Balaban J connectivity index is 2.78. The van der Waals surface area contributed by atoms with Gasteiger partial charge in [-0.1, -0.05) is 26.8 Å². The summed E-state index contributed by atoms with van der Waals surface area (Å²) in [6.07, 6.45) is 3.14. The molecule has 1 N–H and O–H groups in total. The average molecular weight is 245 g/mol. The molecule has 3 nitrogen and oxygen atoms in total. The van der Waals surface area contributed by atoms with Gasteiger partial charge >= 0.3 is 5.97 Å². The molecule has 0 amide bonds. The van der Waals surface area contributed by atoms with E-state index in [0.717, 1.165) is 29.4 Å². The van der Waals surface area contributed by atoms with Crippen LogP contribution in [0.15, 0.2) is 24.4 Å². The van der Waals surface area contributed by atoms with Gasteiger partial charge in [-0.25, -0.2) is 4.79 Å². The number of carbonyl (C=O) groups is 1. The molecule has 18 heavy (non-hydrogen) atoms. The van der Waals surface area contributed by atoms with Gasteiger partial charge in [0.2, 0.25) is 0 Å². The molecule has 0 aliphatic heterocycles. The van der Waals surface area contributed by atoms with Crippen molar-refractivity contribution in [1.29, 1.82) is 0 Å². The smallest absolute Gasteiger partial charge is 0.336 e. The maximum Gasteiger partial charge on any atom is 0.336 e. The first-order chi connectivity index (χ1) is 8.56. The summed E-state index contributed by atoms with van der Waals surface area (Å²) in [6.45, 7) is 7.25. The molecule has 0 saturated heterocycles. The molecule has 0 saturated carbocycles. The molecule has 1 aromatic carbocycles. The highest BCUT2D eigenvalue weighted by molar-refractivity contribution is 6.04. The lowest BCUT2D eigenvalue weighted by molar-refractivity contribution is 0.0699. The first kappa shape index (κ1) is 12.7. The Morgan fingerprint density at radius 3 is 2.67 bits per heavy atom. The van der Waals surface area contributed by atoms with Gasteiger partial charge < -0.3 is 9.67 Å². The summed E-state index contributed by atoms with van der Waals surface area (Å²) >= 11 is 0. The predicted octanol–water partition coefficient (Wildman–Crippen LogP) is 3.87. The van der Waals surface area contributed by atoms with E-state index < -0.39 is 5.97 Å². The third-order valence-electron chi connectivity index (χ3n) is 3.25. The molecule has 96 valence electrons. The summed E-state index contributed by atoms with van der Waals surface area (Å²) < 4.78 is 2.16. The van der Waals surface area contributed by atoms with Crippen LogP contribution in [0.2, 0.25) is 0 Å². The lowest BCUT2D eigenvalue weighted by Gasteiger charge is -2.05. The third-order valence-corrected chi connectivity index (χ3v) is 3.25. The molecule has 0 spiro atoms. The van der Waals surface area contributed by atoms with Crippen molar-refractivity contribution in [1.82, 2.24) is 4.57 Å². The van der Waals surface area contributed by atoms with E-state index >= 15 is 0 Å². The minimum atomic E-state index is -0.850. The molecule has 0 radical (unpaired) electrons. The van der Waals surface area contributed by atoms with E-state index in [1.807, 2.05) is 12.1 Å². The Morgan fingerprint density at radius 1 is 1.39 bits per heavy atom. The van der Waals surface area contributed by atoms with Crippen LogP contribution in [-0.2, 0) is 6.54 Å². The van der Waals surface area contributed by atoms with Crippen molar-refractivity contribution in [3.8, 4) is 0 Å². The second-order valence-electron chi connectivity index (χ2n) is 4.94. The first-order valence-corrected chi connectivity index (χ1v) is 6.41. The van der Waals surface area contributed by atoms with Crippen LogP contribution >= 0.6 is 0 Å². The number of fused-ring (bicyclic) bond motifs is 1. The van der Waals surface area contributed by atoms with Crippen molar-refractivity contribution < 1.29 is 9.90 Å². The Hall–Kier alpha value is -1.77. The second-order valence-corrected chi connectivity index (χ2v) is 4.94. The molecule has 0 aliphatic carbocycles. The van der Waals surface area contributed by atoms with Crippen molar-refractivity contribution in [2.75, 3.05) is 0 Å². The molecule has 0 atom stereocenters. The molecule has 2 aromatic rings. The summed E-state index contributed by atoms with van der Waals surface area (Å²) in [6, 6.07) is 5.51. The average Bonchev–Trinajstić information content (AvgIpc) is 2.69. The minimum absolute atomic E-state index is 0.325. The van der Waals surface area contributed by atoms with Crippen molar-refractivity contribution in [3.63, 3.8) is 0 Å². The largest absolute Gasteiger partial charge is 0.478 e. The summed E-state index contributed by atoms with van der Waals surface area (Å²) in [5.41, 5.74) is 2.56. The van der Waals surface area contributed by atoms with Gasteiger partial charge in [0.15, 0.2) is 0 Å². The zero-order valence-electron chi connectivity index (χ0n) is 11.1. The third kappa shape index (κ3) is 2.01. The molecular weight excluding hydrogens is 226 g/mol. The van der Waals surface area contributed by atoms with E-state index in [1.165, 1.54) is 0 Å². The fourth-order valence-electron chi connectivity index (χ4n) is 2.43. The SMILES string of the molecule is CCCn1cc(C(C)C)c2c(C(=O)O)cccc21. The Morgan fingerprint density at radius 2 is 2.11 bits per heavy atom. The molecule has 0 bridgehead atoms. The number of hydrogen-bond donors (Lipinski definition) is 1. The highest BCUT2D eigenvalue weighted by Crippen LogP contribution is 2.30. The van der Waals surface area contributed by atoms with Crippen molar-refractivity contribution in [3.05, 3.63) is 35.5 Å². The zero-order chi connectivity index (χ0) is 13.3. The second kappa shape index (κ2) is 4.84. The summed E-state index contributed by atoms with van der Waals surface area (Å²) in [4.78, 5) is 11.3. The van der Waals surface area contributed by atoms with E-state index in [0.29, 0.717) is 11.5 Å². The summed E-state index contributed by atoms with van der Waals surface area (Å²) in [5.74, 6) is -0.525. The van der Waals surface area contributed by atoms with Gasteiger partial charge in [0.05, 0.1) is 5.56 Å². The summed E-state index contributed by atoms with van der Waals surface area (Å²) in [5, 5.41) is 10.2. The van der Waals surface area contributed by atoms with Crippen molar-refractivity contribution in [2.45, 2.75) is 39.7 Å². The number of benzene rings is 1. The van der Waals surface area contributed by atoms with Crippen LogP contribution in [0, 0.1) is 0 Å². The first-order valence-electron chi connectivity index (χ1n) is 6.41. The van der Waals surface area contributed by atoms with Crippen LogP contribution in [0.25, 0.3) is 10.9 Å². The molecular formula is C15H19NO2. The topological polar surface area (TPSA) is 42.2 Å². The van der Waals surface area contributed by atoms with Crippen LogP contribution in [0.4, 0.5) is 0 Å². The van der Waals surface area contributed by atoms with Gasteiger partial charge in [-0.05, 0) is 30.0 Å². The van der Waals surface area contributed by atoms with Crippen molar-refractivity contribution >= 4 is 16.9 Å². The van der Waals surface area contributed by atoms with E-state index in [9.17, 15) is 9.90 Å². The predicted molar refractivity (Wildman–Crippen MR) is 73.3 cm³/mol. The standard InChI is InChI=1S/C15H19NO2/c1-4-8-16-9-12(10(2)3)14-11(15(17)18)6-5-7-13(14)16/h5-7,9-10H,4,8H2,1-3H3,(H,17,18). The Labute approximate surface area is 107 Å². The summed E-state index contributed by atoms with van der Waals surface area (Å²) in [7, 11) is 0. The number of carboxylic acids is 1. The lowest BCUT2D eigenvalue weighted by atomic mass is 9.99. The number of carboxylic acid groups (broad SMARTS) is 1. The molecule has 1 aromatic heterocycles. The number of aromatic nitrogens is 1. The quantitative estimate of drug-likeness (QED) is 0.888. The van der Waals surface area contributed by atoms with Gasteiger partial charge in [0.1, 0.15) is 0 Å². The minimum Gasteiger partial charge on any atom is -0.478 e. The molecule has 0 unspecified atom stereocenters. The fraction of sp³-hybridized carbons (Fsp3) is 0.400. The highest BCUT2D eigenvalue weighted by Gasteiger charge is 2.17. The van der Waals surface area contributed by atoms with Gasteiger partial charge in [0.25, 0.3) is 0 Å². The van der Waals surface area contributed by atoms with Crippen LogP contribution in [0.3, 0.4) is 0 Å². The monoisotopic (exact) mass is 245 g/mol. The highest BCUT2D eigenvalue weighted by atomic mass is 16.4. The number of nitrogens with zero attached hydrogens (tertiary/aromatic N) is 1. The van der Waals surface area contributed by atoms with E-state index in [4.69, 9.17) is 0 Å². The molecule has 0 aliphatic rings. The maximum absolute atomic E-state index is 11.3. The van der Waals surface area contributed by atoms with E-state index in [-0.39, 0.29) is 0 Å². The van der Waals surface area contributed by atoms with Crippen LogP contribution < -0.4 is 0 Å². The Bertz CT molecular complexity index is 581. The van der Waals surface area contributed by atoms with Crippen molar-refractivity contribution in [2.24, 2.45) is 0 Å². The number of rotatable bonds is 4. The van der Waals surface area contributed by atoms with Gasteiger partial charge in [-0.2, -0.15) is 0 Å². The lowest BCUT2D eigenvalue weighted by Crippen LogP contribution is -1.99. The maximum atomic E-state index is 11.3. The normalized spacial score (nSPS) is 11.3. The van der Waals surface area contributed by atoms with Gasteiger partial charge in [-0.15, -0.1) is 0 Å². The Kier molecular flexibility index (Phi) is 3.41. The van der Waals surface area contributed by atoms with E-state index in [1.54, 1.807) is 6.07 Å². The molecule has 0 fully saturated rings. The molecule has 3 heteroatoms. The van der Waals surface area contributed by atoms with Crippen LogP contribution in [0.5, 0.6) is 0 Å². The van der Waals surface area contributed by atoms with Gasteiger partial charge in [-0.3, -0.25) is 0 Å². The fourth-order valence-corrected chi connectivity index (χ4v) is 2.43. The zero-order valence-corrected chi connectivity index (χ0v) is 11.1. The number of hydrogen-bond acceptors (Lipinski definition) is 1. The molecule has 1 heterocycles. The number of aryl methyl sites for hydroxylation is 1. The van der Waals surface area contributed by atoms with Gasteiger partial charge in [0, 0.05) is 23.6 Å². The van der Waals surface area contributed by atoms with E-state index in [2.05, 4.69) is 31.5 Å². The van der Waals surface area contributed by atoms with Crippen LogP contribution in [-0.4, -0.2) is 15.6 Å².